The van der Waals surface area contributed by atoms with Crippen molar-refractivity contribution in [3.63, 3.8) is 0 Å². The molecule has 136 valence electrons. The zero-order valence-corrected chi connectivity index (χ0v) is 14.7. The number of hydrogen-bond donors (Lipinski definition) is 1. The average molecular weight is 355 g/mol. The lowest BCUT2D eigenvalue weighted by molar-refractivity contribution is 0.0770. The van der Waals surface area contributed by atoms with Crippen LogP contribution in [0.1, 0.15) is 26.5 Å². The lowest BCUT2D eigenvalue weighted by Gasteiger charge is -2.28. The molecule has 7 nitrogen and oxygen atoms in total. The van der Waals surface area contributed by atoms with Crippen LogP contribution in [0.25, 0.3) is 0 Å². The quantitative estimate of drug-likeness (QED) is 0.911. The fourth-order valence-electron chi connectivity index (χ4n) is 3.32. The number of furan rings is 1. The van der Waals surface area contributed by atoms with E-state index in [0.717, 1.165) is 32.0 Å². The minimum Gasteiger partial charge on any atom is -0.468 e. The minimum absolute atomic E-state index is 0.173. The number of carbonyl (C=O) groups is 2. The molecule has 2 aliphatic heterocycles. The van der Waals surface area contributed by atoms with Crippen LogP contribution < -0.4 is 10.2 Å². The van der Waals surface area contributed by atoms with Crippen LogP contribution in [0.5, 0.6) is 0 Å². The highest BCUT2D eigenvalue weighted by Crippen LogP contribution is 2.25. The van der Waals surface area contributed by atoms with Crippen molar-refractivity contribution >= 4 is 23.2 Å². The second-order valence-electron chi connectivity index (χ2n) is 6.52. The average Bonchev–Trinajstić information content (AvgIpc) is 3.11. The van der Waals surface area contributed by atoms with E-state index >= 15 is 0 Å². The van der Waals surface area contributed by atoms with Gasteiger partial charge in [0.15, 0.2) is 0 Å². The normalized spacial score (nSPS) is 17.2. The van der Waals surface area contributed by atoms with Gasteiger partial charge in [-0.15, -0.1) is 0 Å². The number of benzene rings is 1. The molecule has 3 heterocycles. The van der Waals surface area contributed by atoms with Gasteiger partial charge in [-0.1, -0.05) is 0 Å². The van der Waals surface area contributed by atoms with Crippen molar-refractivity contribution in [3.05, 3.63) is 47.4 Å². The van der Waals surface area contributed by atoms with Crippen molar-refractivity contribution in [2.45, 2.75) is 6.42 Å². The summed E-state index contributed by atoms with van der Waals surface area (Å²) >= 11 is 0. The number of morpholine rings is 1. The second kappa shape index (κ2) is 6.84. The van der Waals surface area contributed by atoms with Gasteiger partial charge in [-0.3, -0.25) is 9.59 Å². The first kappa shape index (κ1) is 16.7. The third-order valence-electron chi connectivity index (χ3n) is 4.85. The minimum atomic E-state index is -0.335. The summed E-state index contributed by atoms with van der Waals surface area (Å²) in [7, 11) is 1.73. The highest BCUT2D eigenvalue weighted by atomic mass is 16.5. The van der Waals surface area contributed by atoms with Crippen molar-refractivity contribution in [2.24, 2.45) is 0 Å². The maximum Gasteiger partial charge on any atom is 0.259 e. The van der Waals surface area contributed by atoms with Crippen LogP contribution in [0.2, 0.25) is 0 Å². The van der Waals surface area contributed by atoms with Gasteiger partial charge in [-0.05, 0) is 24.3 Å². The van der Waals surface area contributed by atoms with Crippen LogP contribution in [0, 0.1) is 0 Å². The topological polar surface area (TPSA) is 75.0 Å². The predicted octanol–water partition coefficient (Wildman–Crippen LogP) is 2.00. The Hall–Kier alpha value is -2.80. The molecule has 0 unspecified atom stereocenters. The molecule has 2 aliphatic rings. The summed E-state index contributed by atoms with van der Waals surface area (Å²) in [5.41, 5.74) is 2.44. The van der Waals surface area contributed by atoms with E-state index < -0.39 is 0 Å². The lowest BCUT2D eigenvalue weighted by Crippen LogP contribution is -2.36. The zero-order valence-electron chi connectivity index (χ0n) is 14.7. The maximum atomic E-state index is 12.6. The first-order valence-electron chi connectivity index (χ1n) is 8.73. The first-order valence-corrected chi connectivity index (χ1v) is 8.73. The molecule has 0 spiro atoms. The van der Waals surface area contributed by atoms with Gasteiger partial charge in [0.05, 0.1) is 24.3 Å². The summed E-state index contributed by atoms with van der Waals surface area (Å²) in [6, 6.07) is 7.68. The summed E-state index contributed by atoms with van der Waals surface area (Å²) in [5, 5.41) is 2.85. The van der Waals surface area contributed by atoms with Crippen LogP contribution in [-0.2, 0) is 11.2 Å². The first-order chi connectivity index (χ1) is 12.6. The third-order valence-corrected chi connectivity index (χ3v) is 4.85. The third kappa shape index (κ3) is 3.06. The van der Waals surface area contributed by atoms with Crippen LogP contribution in [-0.4, -0.2) is 56.6 Å². The summed E-state index contributed by atoms with van der Waals surface area (Å²) in [6.45, 7) is 3.79. The Morgan fingerprint density at radius 2 is 1.85 bits per heavy atom. The monoisotopic (exact) mass is 355 g/mol. The molecule has 0 saturated carbocycles. The van der Waals surface area contributed by atoms with E-state index in [2.05, 4.69) is 10.2 Å². The summed E-state index contributed by atoms with van der Waals surface area (Å²) in [5.74, 6) is 0.0755. The number of nitrogens with one attached hydrogen (secondary N) is 1. The molecule has 26 heavy (non-hydrogen) atoms. The van der Waals surface area contributed by atoms with E-state index in [4.69, 9.17) is 9.15 Å². The van der Waals surface area contributed by atoms with Crippen molar-refractivity contribution in [2.75, 3.05) is 50.1 Å². The second-order valence-corrected chi connectivity index (χ2v) is 6.52. The molecular formula is C19H21N3O4. The molecular weight excluding hydrogens is 334 g/mol. The number of anilines is 2. The van der Waals surface area contributed by atoms with Gasteiger partial charge in [-0.2, -0.15) is 0 Å². The van der Waals surface area contributed by atoms with Gasteiger partial charge in [0.25, 0.3) is 11.8 Å². The molecule has 1 fully saturated rings. The number of nitrogens with zero attached hydrogens (tertiary/aromatic N) is 2. The lowest BCUT2D eigenvalue weighted by atomic mass is 10.0. The number of rotatable bonds is 3. The largest absolute Gasteiger partial charge is 0.468 e. The standard InChI is InChI=1S/C19H21N3O4/c1-21-7-6-16-17(19(21)24)15(12-26-16)18(23)20-13-2-4-14(5-3-13)22-8-10-25-11-9-22/h2-5,12H,6-11H2,1H3,(H,20,23). The van der Waals surface area contributed by atoms with Crippen molar-refractivity contribution < 1.29 is 18.7 Å². The van der Waals surface area contributed by atoms with Gasteiger partial charge in [0.1, 0.15) is 12.0 Å². The number of amides is 2. The van der Waals surface area contributed by atoms with E-state index in [9.17, 15) is 9.59 Å². The van der Waals surface area contributed by atoms with E-state index in [1.54, 1.807) is 11.9 Å². The van der Waals surface area contributed by atoms with Gasteiger partial charge in [-0.25, -0.2) is 0 Å². The maximum absolute atomic E-state index is 12.6. The van der Waals surface area contributed by atoms with Gasteiger partial charge in [0, 0.05) is 44.5 Å². The highest BCUT2D eigenvalue weighted by molar-refractivity contribution is 6.12. The fourth-order valence-corrected chi connectivity index (χ4v) is 3.32. The molecule has 4 rings (SSSR count). The van der Waals surface area contributed by atoms with E-state index in [1.807, 2.05) is 24.3 Å². The Kier molecular flexibility index (Phi) is 4.38. The summed E-state index contributed by atoms with van der Waals surface area (Å²) < 4.78 is 10.8. The van der Waals surface area contributed by atoms with Crippen molar-refractivity contribution in [3.8, 4) is 0 Å². The molecule has 1 N–H and O–H groups in total. The number of carbonyl (C=O) groups excluding carboxylic acids is 2. The molecule has 0 atom stereocenters. The molecule has 0 aliphatic carbocycles. The number of ether oxygens (including phenoxy) is 1. The van der Waals surface area contributed by atoms with Crippen molar-refractivity contribution in [1.29, 1.82) is 0 Å². The van der Waals surface area contributed by atoms with Gasteiger partial charge in [0.2, 0.25) is 0 Å². The zero-order chi connectivity index (χ0) is 18.1. The van der Waals surface area contributed by atoms with Crippen molar-refractivity contribution in [1.82, 2.24) is 4.90 Å². The Bertz CT molecular complexity index is 822. The molecule has 2 amide bonds. The van der Waals surface area contributed by atoms with Crippen LogP contribution in [0.4, 0.5) is 11.4 Å². The number of hydrogen-bond acceptors (Lipinski definition) is 5. The molecule has 0 radical (unpaired) electrons. The molecule has 0 bridgehead atoms. The number of likely N-dealkylation sites (N-methyl/N-ethyl adjacent to an activating group) is 1. The Morgan fingerprint density at radius 3 is 2.58 bits per heavy atom. The van der Waals surface area contributed by atoms with Crippen LogP contribution in [0.3, 0.4) is 0 Å². The van der Waals surface area contributed by atoms with E-state index in [1.165, 1.54) is 6.26 Å². The molecule has 1 aromatic heterocycles. The fraction of sp³-hybridized carbons (Fsp3) is 0.368. The Balaban J connectivity index is 1.49. The van der Waals surface area contributed by atoms with Gasteiger partial charge < -0.3 is 24.3 Å². The highest BCUT2D eigenvalue weighted by Gasteiger charge is 2.30. The SMILES string of the molecule is CN1CCc2occ(C(=O)Nc3ccc(N4CCOCC4)cc3)c2C1=O. The molecule has 1 aromatic carbocycles. The Morgan fingerprint density at radius 1 is 1.12 bits per heavy atom. The van der Waals surface area contributed by atoms with Gasteiger partial charge >= 0.3 is 0 Å². The molecule has 1 saturated heterocycles. The van der Waals surface area contributed by atoms with Crippen LogP contribution in [0.15, 0.2) is 34.9 Å². The number of fused-ring (bicyclic) bond motifs is 1. The van der Waals surface area contributed by atoms with Crippen LogP contribution >= 0.6 is 0 Å². The molecule has 2 aromatic rings. The smallest absolute Gasteiger partial charge is 0.259 e. The predicted molar refractivity (Wildman–Crippen MR) is 96.8 cm³/mol. The van der Waals surface area contributed by atoms with E-state index in [0.29, 0.717) is 30.0 Å². The molecule has 7 heteroatoms. The summed E-state index contributed by atoms with van der Waals surface area (Å²) in [6.07, 6.45) is 2.00. The summed E-state index contributed by atoms with van der Waals surface area (Å²) in [4.78, 5) is 28.8. The Labute approximate surface area is 151 Å². The van der Waals surface area contributed by atoms with E-state index in [-0.39, 0.29) is 17.4 Å².